The Bertz CT molecular complexity index is 555. The van der Waals surface area contributed by atoms with Crippen molar-refractivity contribution in [2.45, 2.75) is 45.2 Å². The normalized spacial score (nSPS) is 29.6. The van der Waals surface area contributed by atoms with Crippen molar-refractivity contribution < 1.29 is 27.9 Å². The zero-order valence-corrected chi connectivity index (χ0v) is 13.2. The zero-order chi connectivity index (χ0) is 16.0. The fourth-order valence-corrected chi connectivity index (χ4v) is 5.99. The standard InChI is InChI=1S/C13H21NO6S/c1-13(2,12(17)20-3)7-21(18,19)14-8-4-5-10(14)9(6-8)11(15)16/h8-10H,4-7H2,1-3H3,(H,15,16). The van der Waals surface area contributed by atoms with Gasteiger partial charge in [-0.25, -0.2) is 8.42 Å². The van der Waals surface area contributed by atoms with Crippen LogP contribution in [0.5, 0.6) is 0 Å². The highest BCUT2D eigenvalue weighted by Crippen LogP contribution is 2.44. The highest BCUT2D eigenvalue weighted by atomic mass is 32.2. The molecule has 0 aromatic carbocycles. The molecule has 2 aliphatic heterocycles. The van der Waals surface area contributed by atoms with Crippen LogP contribution in [0.3, 0.4) is 0 Å². The molecule has 2 bridgehead atoms. The molecule has 0 saturated carbocycles. The van der Waals surface area contributed by atoms with Crippen LogP contribution in [0, 0.1) is 11.3 Å². The first-order valence-electron chi connectivity index (χ1n) is 6.92. The van der Waals surface area contributed by atoms with E-state index in [9.17, 15) is 23.1 Å². The summed E-state index contributed by atoms with van der Waals surface area (Å²) in [5.74, 6) is -2.55. The lowest BCUT2D eigenvalue weighted by molar-refractivity contribution is -0.149. The number of sulfonamides is 1. The molecule has 21 heavy (non-hydrogen) atoms. The Balaban J connectivity index is 2.22. The van der Waals surface area contributed by atoms with Crippen LogP contribution in [0.15, 0.2) is 0 Å². The van der Waals surface area contributed by atoms with Crippen LogP contribution in [0.4, 0.5) is 0 Å². The summed E-state index contributed by atoms with van der Waals surface area (Å²) < 4.78 is 31.2. The first-order chi connectivity index (χ1) is 9.60. The second kappa shape index (κ2) is 5.24. The van der Waals surface area contributed by atoms with Crippen LogP contribution in [0.2, 0.25) is 0 Å². The molecule has 8 heteroatoms. The van der Waals surface area contributed by atoms with Crippen molar-refractivity contribution in [3.8, 4) is 0 Å². The number of aliphatic carboxylic acids is 1. The lowest BCUT2D eigenvalue weighted by atomic mass is 9.89. The predicted octanol–water partition coefficient (Wildman–Crippen LogP) is 0.453. The maximum atomic E-state index is 12.6. The maximum absolute atomic E-state index is 12.6. The Morgan fingerprint density at radius 2 is 1.95 bits per heavy atom. The van der Waals surface area contributed by atoms with Crippen LogP contribution in [-0.4, -0.2) is 54.7 Å². The smallest absolute Gasteiger partial charge is 0.312 e. The summed E-state index contributed by atoms with van der Waals surface area (Å²) in [6, 6.07) is -0.736. The Kier molecular flexibility index (Phi) is 4.05. The highest BCUT2D eigenvalue weighted by molar-refractivity contribution is 7.89. The molecule has 0 radical (unpaired) electrons. The van der Waals surface area contributed by atoms with Crippen molar-refractivity contribution in [1.82, 2.24) is 4.31 Å². The third-order valence-corrected chi connectivity index (χ3v) is 6.69. The van der Waals surface area contributed by atoms with Crippen LogP contribution < -0.4 is 0 Å². The number of rotatable bonds is 5. The molecular weight excluding hydrogens is 298 g/mol. The SMILES string of the molecule is COC(=O)C(C)(C)CS(=O)(=O)N1C2CCC1C(C(=O)O)C2. The Morgan fingerprint density at radius 1 is 1.33 bits per heavy atom. The van der Waals surface area contributed by atoms with Gasteiger partial charge in [-0.3, -0.25) is 9.59 Å². The molecule has 2 fully saturated rings. The monoisotopic (exact) mass is 319 g/mol. The zero-order valence-electron chi connectivity index (χ0n) is 12.4. The third kappa shape index (κ3) is 2.78. The number of hydrogen-bond acceptors (Lipinski definition) is 5. The molecule has 0 spiro atoms. The number of esters is 1. The van der Waals surface area contributed by atoms with E-state index in [0.717, 1.165) is 0 Å². The van der Waals surface area contributed by atoms with Crippen LogP contribution in [0.1, 0.15) is 33.1 Å². The van der Waals surface area contributed by atoms with E-state index in [-0.39, 0.29) is 11.8 Å². The van der Waals surface area contributed by atoms with E-state index in [1.54, 1.807) is 0 Å². The van der Waals surface area contributed by atoms with Gasteiger partial charge in [0, 0.05) is 12.1 Å². The maximum Gasteiger partial charge on any atom is 0.312 e. The summed E-state index contributed by atoms with van der Waals surface area (Å²) in [4.78, 5) is 22.9. The molecule has 0 aliphatic carbocycles. The average molecular weight is 319 g/mol. The number of carboxylic acid groups (broad SMARTS) is 1. The van der Waals surface area contributed by atoms with Gasteiger partial charge in [-0.05, 0) is 33.1 Å². The lowest BCUT2D eigenvalue weighted by Crippen LogP contribution is -2.44. The molecule has 120 valence electrons. The van der Waals surface area contributed by atoms with Crippen molar-refractivity contribution in [3.63, 3.8) is 0 Å². The number of methoxy groups -OCH3 is 1. The molecule has 3 unspecified atom stereocenters. The van der Waals surface area contributed by atoms with Gasteiger partial charge < -0.3 is 9.84 Å². The Hall–Kier alpha value is -1.15. The van der Waals surface area contributed by atoms with Crippen molar-refractivity contribution in [3.05, 3.63) is 0 Å². The van der Waals surface area contributed by atoms with E-state index in [2.05, 4.69) is 4.74 Å². The fourth-order valence-electron chi connectivity index (χ4n) is 3.50. The second-order valence-corrected chi connectivity index (χ2v) is 8.31. The van der Waals surface area contributed by atoms with Gasteiger partial charge in [-0.1, -0.05) is 0 Å². The third-order valence-electron chi connectivity index (χ3n) is 4.39. The van der Waals surface area contributed by atoms with Gasteiger partial charge in [-0.15, -0.1) is 0 Å². The minimum absolute atomic E-state index is 0.255. The van der Waals surface area contributed by atoms with E-state index < -0.39 is 39.3 Å². The second-order valence-electron chi connectivity index (χ2n) is 6.44. The summed E-state index contributed by atoms with van der Waals surface area (Å²) in [6.07, 6.45) is 1.61. The first-order valence-corrected chi connectivity index (χ1v) is 8.53. The number of nitrogens with zero attached hydrogens (tertiary/aromatic N) is 1. The summed E-state index contributed by atoms with van der Waals surface area (Å²) in [5, 5.41) is 9.18. The van der Waals surface area contributed by atoms with Gasteiger partial charge in [0.15, 0.2) is 0 Å². The highest BCUT2D eigenvalue weighted by Gasteiger charge is 2.55. The van der Waals surface area contributed by atoms with Crippen LogP contribution in [-0.2, 0) is 24.3 Å². The van der Waals surface area contributed by atoms with Gasteiger partial charge >= 0.3 is 11.9 Å². The van der Waals surface area contributed by atoms with Gasteiger partial charge in [0.05, 0.1) is 24.2 Å². The molecule has 0 amide bonds. The van der Waals surface area contributed by atoms with E-state index in [1.165, 1.54) is 25.3 Å². The minimum Gasteiger partial charge on any atom is -0.481 e. The Labute approximate surface area is 124 Å². The number of ether oxygens (including phenoxy) is 1. The summed E-state index contributed by atoms with van der Waals surface area (Å²) >= 11 is 0. The van der Waals surface area contributed by atoms with Crippen LogP contribution >= 0.6 is 0 Å². The summed E-state index contributed by atoms with van der Waals surface area (Å²) in [6.45, 7) is 3.03. The largest absolute Gasteiger partial charge is 0.481 e. The van der Waals surface area contributed by atoms with Gasteiger partial charge in [0.1, 0.15) is 0 Å². The van der Waals surface area contributed by atoms with Gasteiger partial charge in [-0.2, -0.15) is 4.31 Å². The van der Waals surface area contributed by atoms with Crippen LogP contribution in [0.25, 0.3) is 0 Å². The number of carboxylic acids is 1. The molecule has 0 aromatic rings. The van der Waals surface area contributed by atoms with Gasteiger partial charge in [0.25, 0.3) is 0 Å². The number of carbonyl (C=O) groups is 2. The molecule has 0 aromatic heterocycles. The van der Waals surface area contributed by atoms with Crippen molar-refractivity contribution in [2.75, 3.05) is 12.9 Å². The van der Waals surface area contributed by atoms with Crippen molar-refractivity contribution in [2.24, 2.45) is 11.3 Å². The molecule has 2 aliphatic rings. The Morgan fingerprint density at radius 3 is 2.43 bits per heavy atom. The van der Waals surface area contributed by atoms with E-state index in [4.69, 9.17) is 0 Å². The molecule has 1 N–H and O–H groups in total. The van der Waals surface area contributed by atoms with E-state index in [0.29, 0.717) is 19.3 Å². The van der Waals surface area contributed by atoms with Crippen molar-refractivity contribution >= 4 is 22.0 Å². The van der Waals surface area contributed by atoms with E-state index >= 15 is 0 Å². The average Bonchev–Trinajstić information content (AvgIpc) is 2.94. The lowest BCUT2D eigenvalue weighted by Gasteiger charge is -2.27. The molecular formula is C13H21NO6S. The predicted molar refractivity (Wildman–Crippen MR) is 74.0 cm³/mol. The topological polar surface area (TPSA) is 101 Å². The molecule has 2 rings (SSSR count). The van der Waals surface area contributed by atoms with Crippen molar-refractivity contribution in [1.29, 1.82) is 0 Å². The number of carbonyl (C=O) groups excluding carboxylic acids is 1. The first kappa shape index (κ1) is 16.2. The molecule has 7 nitrogen and oxygen atoms in total. The number of hydrogen-bond donors (Lipinski definition) is 1. The number of fused-ring (bicyclic) bond motifs is 2. The van der Waals surface area contributed by atoms with E-state index in [1.807, 2.05) is 0 Å². The summed E-state index contributed by atoms with van der Waals surface area (Å²) in [5.41, 5.74) is -1.16. The molecule has 2 saturated heterocycles. The molecule has 3 atom stereocenters. The van der Waals surface area contributed by atoms with Gasteiger partial charge in [0.2, 0.25) is 10.0 Å². The molecule has 2 heterocycles. The quantitative estimate of drug-likeness (QED) is 0.739. The minimum atomic E-state index is -3.71. The fraction of sp³-hybridized carbons (Fsp3) is 0.846. The summed E-state index contributed by atoms with van der Waals surface area (Å²) in [7, 11) is -2.49.